The predicted molar refractivity (Wildman–Crippen MR) is 58.6 cm³/mol. The highest BCUT2D eigenvalue weighted by Gasteiger charge is 2.67. The summed E-state index contributed by atoms with van der Waals surface area (Å²) in [7, 11) is 0. The molecule has 6 heteroatoms. The van der Waals surface area contributed by atoms with E-state index in [2.05, 4.69) is 4.98 Å². The lowest BCUT2D eigenvalue weighted by Crippen LogP contribution is -2.32. The Hall–Kier alpha value is -1.40. The number of aliphatic hydroxyl groups is 2. The zero-order chi connectivity index (χ0) is 12.2. The Labute approximate surface area is 96.5 Å². The van der Waals surface area contributed by atoms with Crippen molar-refractivity contribution < 1.29 is 10.2 Å². The molecule has 3 rings (SSSR count). The van der Waals surface area contributed by atoms with E-state index in [4.69, 9.17) is 0 Å². The number of hydrogen-bond donors (Lipinski definition) is 3. The Morgan fingerprint density at radius 2 is 2.29 bits per heavy atom. The van der Waals surface area contributed by atoms with Crippen molar-refractivity contribution in [2.75, 3.05) is 6.61 Å². The summed E-state index contributed by atoms with van der Waals surface area (Å²) < 4.78 is 1.46. The quantitative estimate of drug-likeness (QED) is 0.605. The normalized spacial score (nSPS) is 39.1. The zero-order valence-electron chi connectivity index (χ0n) is 9.17. The number of fused-ring (bicyclic) bond motifs is 1. The van der Waals surface area contributed by atoms with Crippen LogP contribution in [0, 0.1) is 11.3 Å². The first-order chi connectivity index (χ1) is 8.08. The summed E-state index contributed by atoms with van der Waals surface area (Å²) in [5, 5.41) is 19.2. The van der Waals surface area contributed by atoms with Gasteiger partial charge in [-0.25, -0.2) is 4.79 Å². The number of nitrogens with zero attached hydrogens (tertiary/aromatic N) is 1. The van der Waals surface area contributed by atoms with Gasteiger partial charge in [-0.15, -0.1) is 0 Å². The molecule has 1 aromatic heterocycles. The number of hydrogen-bond acceptors (Lipinski definition) is 4. The van der Waals surface area contributed by atoms with Crippen LogP contribution < -0.4 is 11.2 Å². The Morgan fingerprint density at radius 3 is 2.82 bits per heavy atom. The van der Waals surface area contributed by atoms with Crippen molar-refractivity contribution in [3.63, 3.8) is 0 Å². The molecule has 3 N–H and O–H groups in total. The van der Waals surface area contributed by atoms with Gasteiger partial charge in [-0.3, -0.25) is 14.3 Å². The molecule has 92 valence electrons. The van der Waals surface area contributed by atoms with Gasteiger partial charge in [0.15, 0.2) is 0 Å². The number of aromatic amines is 1. The molecule has 0 amide bonds. The molecule has 2 fully saturated rings. The molecule has 2 aliphatic carbocycles. The van der Waals surface area contributed by atoms with E-state index in [1.165, 1.54) is 16.8 Å². The van der Waals surface area contributed by atoms with Crippen molar-refractivity contribution in [1.82, 2.24) is 9.55 Å². The number of rotatable bonds is 2. The molecule has 0 spiro atoms. The second kappa shape index (κ2) is 3.30. The van der Waals surface area contributed by atoms with Gasteiger partial charge in [-0.05, 0) is 18.8 Å². The summed E-state index contributed by atoms with van der Waals surface area (Å²) in [5.41, 5.74) is -1.29. The van der Waals surface area contributed by atoms with E-state index < -0.39 is 22.8 Å². The van der Waals surface area contributed by atoms with Gasteiger partial charge in [0.1, 0.15) is 0 Å². The van der Waals surface area contributed by atoms with E-state index in [-0.39, 0.29) is 18.6 Å². The van der Waals surface area contributed by atoms with Crippen LogP contribution in [-0.2, 0) is 0 Å². The Morgan fingerprint density at radius 1 is 1.53 bits per heavy atom. The molecular weight excluding hydrogens is 224 g/mol. The third-order valence-electron chi connectivity index (χ3n) is 4.27. The van der Waals surface area contributed by atoms with Crippen molar-refractivity contribution in [2.24, 2.45) is 11.3 Å². The van der Waals surface area contributed by atoms with Gasteiger partial charge in [0.25, 0.3) is 5.56 Å². The van der Waals surface area contributed by atoms with Gasteiger partial charge < -0.3 is 10.2 Å². The molecule has 0 aliphatic heterocycles. The topological polar surface area (TPSA) is 95.3 Å². The van der Waals surface area contributed by atoms with Crippen molar-refractivity contribution in [3.05, 3.63) is 33.1 Å². The first-order valence-corrected chi connectivity index (χ1v) is 5.69. The second-order valence-electron chi connectivity index (χ2n) is 5.04. The molecule has 0 unspecified atom stereocenters. The average molecular weight is 238 g/mol. The molecule has 6 nitrogen and oxygen atoms in total. The molecule has 4 atom stereocenters. The molecule has 2 aliphatic rings. The number of H-pyrrole nitrogens is 1. The lowest BCUT2D eigenvalue weighted by atomic mass is 10.0. The lowest BCUT2D eigenvalue weighted by Gasteiger charge is -2.16. The van der Waals surface area contributed by atoms with Crippen LogP contribution in [0.4, 0.5) is 0 Å². The maximum Gasteiger partial charge on any atom is 0.328 e. The Kier molecular flexibility index (Phi) is 2.08. The van der Waals surface area contributed by atoms with Crippen LogP contribution in [0.1, 0.15) is 18.9 Å². The number of aliphatic hydroxyl groups excluding tert-OH is 2. The minimum absolute atomic E-state index is 0.0482. The van der Waals surface area contributed by atoms with Gasteiger partial charge in [-0.1, -0.05) is 0 Å². The van der Waals surface area contributed by atoms with Gasteiger partial charge in [-0.2, -0.15) is 0 Å². The highest BCUT2D eigenvalue weighted by molar-refractivity contribution is 5.16. The zero-order valence-corrected chi connectivity index (χ0v) is 9.17. The molecular formula is C11H14N2O4. The summed E-state index contributed by atoms with van der Waals surface area (Å²) in [4.78, 5) is 24.8. The fraction of sp³-hybridized carbons (Fsp3) is 0.636. The molecule has 0 radical (unpaired) electrons. The predicted octanol–water partition coefficient (Wildman–Crippen LogP) is -1.16. The molecule has 0 saturated heterocycles. The largest absolute Gasteiger partial charge is 0.396 e. The van der Waals surface area contributed by atoms with E-state index in [1.54, 1.807) is 0 Å². The first-order valence-electron chi connectivity index (χ1n) is 5.69. The smallest absolute Gasteiger partial charge is 0.328 e. The molecule has 2 saturated carbocycles. The maximum absolute atomic E-state index is 11.7. The third-order valence-corrected chi connectivity index (χ3v) is 4.27. The summed E-state index contributed by atoms with van der Waals surface area (Å²) in [6.45, 7) is -0.0482. The number of aromatic nitrogens is 2. The lowest BCUT2D eigenvalue weighted by molar-refractivity contribution is 0.0599. The monoisotopic (exact) mass is 238 g/mol. The molecule has 0 aromatic carbocycles. The van der Waals surface area contributed by atoms with Gasteiger partial charge in [0.2, 0.25) is 0 Å². The Balaban J connectivity index is 1.98. The third kappa shape index (κ3) is 1.34. The van der Waals surface area contributed by atoms with Crippen molar-refractivity contribution >= 4 is 0 Å². The van der Waals surface area contributed by atoms with Crippen molar-refractivity contribution in [1.29, 1.82) is 0 Å². The SMILES string of the molecule is O=c1ccn([C@H]2C[C@H](O)[C@@]3(CO)C[C@H]23)c(=O)[nH]1. The van der Waals surface area contributed by atoms with Gasteiger partial charge in [0, 0.05) is 23.7 Å². The standard InChI is InChI=1S/C11H14N2O4/c14-5-11-4-6(11)7(3-8(11)15)13-2-1-9(16)12-10(13)17/h1-2,6-8,14-15H,3-5H2,(H,12,16,17)/t6-,7+,8+,11-/m1/s1. The van der Waals surface area contributed by atoms with Crippen LogP contribution in [0.2, 0.25) is 0 Å². The van der Waals surface area contributed by atoms with Crippen molar-refractivity contribution in [3.8, 4) is 0 Å². The highest BCUT2D eigenvalue weighted by Crippen LogP contribution is 2.66. The summed E-state index contributed by atoms with van der Waals surface area (Å²) in [6.07, 6.45) is 2.09. The van der Waals surface area contributed by atoms with Crippen LogP contribution in [-0.4, -0.2) is 32.5 Å². The van der Waals surface area contributed by atoms with E-state index in [0.717, 1.165) is 6.42 Å². The first kappa shape index (κ1) is 10.7. The maximum atomic E-state index is 11.7. The van der Waals surface area contributed by atoms with E-state index >= 15 is 0 Å². The second-order valence-corrected chi connectivity index (χ2v) is 5.04. The molecule has 0 bridgehead atoms. The Bertz CT molecular complexity index is 563. The van der Waals surface area contributed by atoms with Crippen LogP contribution >= 0.6 is 0 Å². The average Bonchev–Trinajstić information content (AvgIpc) is 2.96. The van der Waals surface area contributed by atoms with Crippen LogP contribution in [0.15, 0.2) is 21.9 Å². The van der Waals surface area contributed by atoms with Gasteiger partial charge in [0.05, 0.1) is 12.7 Å². The van der Waals surface area contributed by atoms with E-state index in [1.807, 2.05) is 0 Å². The van der Waals surface area contributed by atoms with E-state index in [0.29, 0.717) is 6.42 Å². The molecule has 1 aromatic rings. The number of nitrogens with one attached hydrogen (secondary N) is 1. The van der Waals surface area contributed by atoms with Crippen LogP contribution in [0.5, 0.6) is 0 Å². The fourth-order valence-electron chi connectivity index (χ4n) is 3.16. The summed E-state index contributed by atoms with van der Waals surface area (Å²) in [6, 6.07) is 1.18. The van der Waals surface area contributed by atoms with Crippen molar-refractivity contribution in [2.45, 2.75) is 25.0 Å². The van der Waals surface area contributed by atoms with Gasteiger partial charge >= 0.3 is 5.69 Å². The minimum atomic E-state index is -0.568. The van der Waals surface area contributed by atoms with E-state index in [9.17, 15) is 19.8 Å². The summed E-state index contributed by atoms with van der Waals surface area (Å²) >= 11 is 0. The fourth-order valence-corrected chi connectivity index (χ4v) is 3.16. The van der Waals surface area contributed by atoms with Crippen LogP contribution in [0.25, 0.3) is 0 Å². The molecule has 17 heavy (non-hydrogen) atoms. The van der Waals surface area contributed by atoms with Crippen LogP contribution in [0.3, 0.4) is 0 Å². The molecule has 1 heterocycles. The highest BCUT2D eigenvalue weighted by atomic mass is 16.3. The summed E-state index contributed by atoms with van der Waals surface area (Å²) in [5.74, 6) is 0.131. The minimum Gasteiger partial charge on any atom is -0.396 e.